The predicted molar refractivity (Wildman–Crippen MR) is 187 cm³/mol. The summed E-state index contributed by atoms with van der Waals surface area (Å²) in [7, 11) is 0. The number of amides is 2. The topological polar surface area (TPSA) is 167 Å². The monoisotopic (exact) mass is 682 g/mol. The van der Waals surface area contributed by atoms with Crippen molar-refractivity contribution in [2.75, 3.05) is 26.2 Å². The molecule has 278 valence electrons. The van der Waals surface area contributed by atoms with E-state index in [1.54, 1.807) is 0 Å². The Bertz CT molecular complexity index is 990. The van der Waals surface area contributed by atoms with Crippen LogP contribution in [0, 0.1) is 0 Å². The summed E-state index contributed by atoms with van der Waals surface area (Å²) in [6, 6.07) is 2.04. The molecule has 0 aromatic carbocycles. The Balaban J connectivity index is 0.000000201. The number of likely N-dealkylation sites (tertiary alicyclic amines) is 2. The molecule has 6 N–H and O–H groups in total. The van der Waals surface area contributed by atoms with Crippen molar-refractivity contribution in [1.29, 1.82) is 0 Å². The van der Waals surface area contributed by atoms with Gasteiger partial charge in [-0.15, -0.1) is 0 Å². The largest absolute Gasteiger partial charge is 0.444 e. The number of hydrogen-bond donors (Lipinski definition) is 5. The summed E-state index contributed by atoms with van der Waals surface area (Å²) in [5.41, 5.74) is 4.95. The van der Waals surface area contributed by atoms with Gasteiger partial charge in [-0.05, 0) is 119 Å². The summed E-state index contributed by atoms with van der Waals surface area (Å²) in [5.74, 6) is 0.289. The number of Topliss-reactive ketones (excluding diaryl/α,β-unsaturated/α-hetero) is 1. The van der Waals surface area contributed by atoms with E-state index < -0.39 is 11.2 Å². The number of alkyl carbamates (subject to hydrolysis) is 2. The van der Waals surface area contributed by atoms with Gasteiger partial charge in [0.2, 0.25) is 0 Å². The molecule has 0 radical (unpaired) electrons. The molecule has 5 rings (SSSR count). The molecule has 12 nitrogen and oxygen atoms in total. The SMILES string of the molecule is CC(C)(C)OC(=O)NC1CCC(=O)CC1.CC(C)(C)OC(=O)NC1CCC(N2CC[C@H](O)C2)CC1.NC1CCC(N2CC[C@H](O)C2)CC1. The number of nitrogens with zero attached hydrogens (tertiary/aromatic N) is 2. The highest BCUT2D eigenvalue weighted by Crippen LogP contribution is 2.27. The standard InChI is InChI=1S/C15H28N2O3.C11H19NO3.C10H20N2O/c1-15(2,3)20-14(19)16-11-4-6-12(7-5-11)17-9-8-13(18)10-17;1-11(2,3)15-10(14)12-8-4-6-9(13)7-5-8;11-8-1-3-9(4-2-8)12-6-5-10(13)7-12/h11-13,18H,4-10H2,1-3H3,(H,16,19);8H,4-7H2,1-3H3,(H,12,14);8-10,13H,1-7,11H2/t11?,12?,13-;;8?,9?,10-/m0.0/s1. The lowest BCUT2D eigenvalue weighted by molar-refractivity contribution is -0.120. The molecular formula is C36H67N5O7. The number of carbonyl (C=O) groups is 3. The molecule has 5 aliphatic rings. The molecule has 2 heterocycles. The minimum atomic E-state index is -0.464. The Morgan fingerprint density at radius 3 is 1.38 bits per heavy atom. The van der Waals surface area contributed by atoms with Crippen LogP contribution in [0.2, 0.25) is 0 Å². The first kappa shape index (κ1) is 40.4. The van der Waals surface area contributed by atoms with E-state index in [0.717, 1.165) is 90.4 Å². The third-order valence-corrected chi connectivity index (χ3v) is 9.85. The summed E-state index contributed by atoms with van der Waals surface area (Å²) in [5, 5.41) is 24.8. The second-order valence-electron chi connectivity index (χ2n) is 16.6. The zero-order chi connectivity index (χ0) is 35.5. The van der Waals surface area contributed by atoms with Gasteiger partial charge in [-0.25, -0.2) is 9.59 Å². The lowest BCUT2D eigenvalue weighted by atomic mass is 9.90. The van der Waals surface area contributed by atoms with Crippen molar-refractivity contribution in [3.8, 4) is 0 Å². The third kappa shape index (κ3) is 15.7. The van der Waals surface area contributed by atoms with Crippen molar-refractivity contribution >= 4 is 18.0 Å². The Morgan fingerprint density at radius 2 is 1.02 bits per heavy atom. The number of nitrogens with two attached hydrogens (primary N) is 1. The highest BCUT2D eigenvalue weighted by atomic mass is 16.6. The van der Waals surface area contributed by atoms with Crippen molar-refractivity contribution < 1.29 is 34.1 Å². The average molecular weight is 682 g/mol. The van der Waals surface area contributed by atoms with Gasteiger partial charge in [0.15, 0.2) is 0 Å². The summed E-state index contributed by atoms with van der Waals surface area (Å²) < 4.78 is 10.4. The molecule has 2 amide bonds. The van der Waals surface area contributed by atoms with Crippen LogP contribution in [-0.2, 0) is 14.3 Å². The van der Waals surface area contributed by atoms with E-state index in [4.69, 9.17) is 15.2 Å². The van der Waals surface area contributed by atoms with E-state index in [9.17, 15) is 24.6 Å². The number of rotatable bonds is 4. The van der Waals surface area contributed by atoms with E-state index in [-0.39, 0.29) is 42.3 Å². The fourth-order valence-corrected chi connectivity index (χ4v) is 7.28. The van der Waals surface area contributed by atoms with Crippen LogP contribution < -0.4 is 16.4 Å². The van der Waals surface area contributed by atoms with Crippen LogP contribution in [0.5, 0.6) is 0 Å². The van der Waals surface area contributed by atoms with E-state index in [0.29, 0.717) is 31.0 Å². The number of ketones is 1. The van der Waals surface area contributed by atoms with Crippen molar-refractivity contribution in [2.24, 2.45) is 5.73 Å². The van der Waals surface area contributed by atoms with Gasteiger partial charge >= 0.3 is 12.2 Å². The zero-order valence-electron chi connectivity index (χ0n) is 30.7. The van der Waals surface area contributed by atoms with Gasteiger partial charge in [0.1, 0.15) is 17.0 Å². The van der Waals surface area contributed by atoms with E-state index in [1.807, 2.05) is 41.5 Å². The molecule has 2 atom stereocenters. The van der Waals surface area contributed by atoms with Crippen LogP contribution in [0.15, 0.2) is 0 Å². The molecule has 5 fully saturated rings. The maximum absolute atomic E-state index is 11.7. The van der Waals surface area contributed by atoms with Crippen LogP contribution in [0.4, 0.5) is 9.59 Å². The molecule has 3 aliphatic carbocycles. The highest BCUT2D eigenvalue weighted by Gasteiger charge is 2.32. The Labute approximate surface area is 289 Å². The highest BCUT2D eigenvalue weighted by molar-refractivity contribution is 5.79. The number of ether oxygens (including phenoxy) is 2. The maximum Gasteiger partial charge on any atom is 0.407 e. The molecule has 12 heteroatoms. The molecular weight excluding hydrogens is 614 g/mol. The second kappa shape index (κ2) is 18.8. The molecule has 0 spiro atoms. The van der Waals surface area contributed by atoms with Crippen LogP contribution >= 0.6 is 0 Å². The quantitative estimate of drug-likeness (QED) is 0.290. The van der Waals surface area contributed by atoms with Gasteiger partial charge < -0.3 is 36.1 Å². The fraction of sp³-hybridized carbons (Fsp3) is 0.917. The van der Waals surface area contributed by atoms with Crippen molar-refractivity contribution in [3.63, 3.8) is 0 Å². The van der Waals surface area contributed by atoms with E-state index >= 15 is 0 Å². The van der Waals surface area contributed by atoms with Gasteiger partial charge in [-0.2, -0.15) is 0 Å². The first-order valence-corrected chi connectivity index (χ1v) is 18.6. The summed E-state index contributed by atoms with van der Waals surface area (Å²) in [6.07, 6.45) is 12.5. The van der Waals surface area contributed by atoms with Crippen LogP contribution in [0.1, 0.15) is 131 Å². The van der Waals surface area contributed by atoms with Gasteiger partial charge in [0.05, 0.1) is 12.2 Å². The smallest absolute Gasteiger partial charge is 0.407 e. The van der Waals surface area contributed by atoms with Gasteiger partial charge in [-0.3, -0.25) is 14.6 Å². The fourth-order valence-electron chi connectivity index (χ4n) is 7.28. The number of hydrogen-bond acceptors (Lipinski definition) is 10. The lowest BCUT2D eigenvalue weighted by Gasteiger charge is -2.35. The molecule has 3 saturated carbocycles. The molecule has 0 aromatic rings. The van der Waals surface area contributed by atoms with Gasteiger partial charge in [0.25, 0.3) is 0 Å². The van der Waals surface area contributed by atoms with E-state index in [1.165, 1.54) is 12.8 Å². The van der Waals surface area contributed by atoms with Crippen LogP contribution in [0.3, 0.4) is 0 Å². The van der Waals surface area contributed by atoms with Crippen LogP contribution in [0.25, 0.3) is 0 Å². The summed E-state index contributed by atoms with van der Waals surface area (Å²) in [6.45, 7) is 14.9. The van der Waals surface area contributed by atoms with Crippen molar-refractivity contribution in [3.05, 3.63) is 0 Å². The van der Waals surface area contributed by atoms with E-state index in [2.05, 4.69) is 20.4 Å². The molecule has 2 saturated heterocycles. The lowest BCUT2D eigenvalue weighted by Crippen LogP contribution is -2.44. The molecule has 0 unspecified atom stereocenters. The Hall–Kier alpha value is -1.99. The Morgan fingerprint density at radius 1 is 0.646 bits per heavy atom. The zero-order valence-corrected chi connectivity index (χ0v) is 30.7. The summed E-state index contributed by atoms with van der Waals surface area (Å²) >= 11 is 0. The first-order chi connectivity index (χ1) is 22.5. The normalized spacial score (nSPS) is 30.7. The minimum Gasteiger partial charge on any atom is -0.444 e. The molecule has 2 aliphatic heterocycles. The predicted octanol–water partition coefficient (Wildman–Crippen LogP) is 4.23. The van der Waals surface area contributed by atoms with Crippen LogP contribution in [-0.4, -0.2) is 118 Å². The molecule has 0 aromatic heterocycles. The second-order valence-corrected chi connectivity index (χ2v) is 16.6. The van der Waals surface area contributed by atoms with Gasteiger partial charge in [0, 0.05) is 69.2 Å². The number of β-amino-alcohol motifs (C(OH)–C–C–N with tert-alkyl or cyclic N) is 2. The third-order valence-electron chi connectivity index (χ3n) is 9.85. The number of nitrogens with one attached hydrogen (secondary N) is 2. The minimum absolute atomic E-state index is 0.0735. The van der Waals surface area contributed by atoms with Gasteiger partial charge in [-0.1, -0.05) is 0 Å². The number of carbonyl (C=O) groups excluding carboxylic acids is 3. The average Bonchev–Trinajstić information content (AvgIpc) is 3.62. The number of aliphatic hydroxyl groups excluding tert-OH is 2. The molecule has 0 bridgehead atoms. The first-order valence-electron chi connectivity index (χ1n) is 18.6. The van der Waals surface area contributed by atoms with Crippen molar-refractivity contribution in [1.82, 2.24) is 20.4 Å². The Kier molecular flexibility index (Phi) is 15.9. The number of aliphatic hydroxyl groups is 2. The maximum atomic E-state index is 11.7. The molecule has 48 heavy (non-hydrogen) atoms. The van der Waals surface area contributed by atoms with Crippen molar-refractivity contribution in [2.45, 2.75) is 185 Å². The summed E-state index contributed by atoms with van der Waals surface area (Å²) in [4.78, 5) is 38.9.